The van der Waals surface area contributed by atoms with Gasteiger partial charge in [-0.15, -0.1) is 0 Å². The first-order valence-corrected chi connectivity index (χ1v) is 8.23. The molecule has 0 aliphatic carbocycles. The summed E-state index contributed by atoms with van der Waals surface area (Å²) < 4.78 is 10.6. The van der Waals surface area contributed by atoms with Crippen LogP contribution in [0.4, 0.5) is 0 Å². The van der Waals surface area contributed by atoms with E-state index in [0.29, 0.717) is 24.2 Å². The largest absolute Gasteiger partial charge is 0.491 e. The molecule has 0 fully saturated rings. The van der Waals surface area contributed by atoms with E-state index < -0.39 is 18.2 Å². The number of fused-ring (bicyclic) bond motifs is 1. The number of aliphatic hydroxyl groups excluding tert-OH is 2. The highest BCUT2D eigenvalue weighted by Crippen LogP contribution is 2.22. The Hall–Kier alpha value is -2.11. The van der Waals surface area contributed by atoms with Gasteiger partial charge in [-0.05, 0) is 47.9 Å². The first-order valence-electron chi connectivity index (χ1n) is 8.23. The Bertz CT molecular complexity index is 683. The molecule has 2 atom stereocenters. The third kappa shape index (κ3) is 4.94. The highest BCUT2D eigenvalue weighted by atomic mass is 16.5. The number of aliphatic hydroxyl groups is 2. The summed E-state index contributed by atoms with van der Waals surface area (Å²) in [5.74, 6) is 0.229. The Morgan fingerprint density at radius 1 is 0.958 bits per heavy atom. The van der Waals surface area contributed by atoms with Crippen molar-refractivity contribution in [2.75, 3.05) is 13.2 Å². The van der Waals surface area contributed by atoms with Crippen molar-refractivity contribution in [3.8, 4) is 5.75 Å². The number of carbonyl (C=O) groups excluding carboxylic acids is 1. The minimum Gasteiger partial charge on any atom is -0.491 e. The van der Waals surface area contributed by atoms with Crippen LogP contribution in [0.5, 0.6) is 5.75 Å². The van der Waals surface area contributed by atoms with E-state index in [0.717, 1.165) is 10.8 Å². The van der Waals surface area contributed by atoms with Gasteiger partial charge >= 0.3 is 5.97 Å². The average Bonchev–Trinajstić information content (AvgIpc) is 2.62. The minimum atomic E-state index is -0.632. The molecule has 5 nitrogen and oxygen atoms in total. The van der Waals surface area contributed by atoms with Crippen LogP contribution in [0.3, 0.4) is 0 Å². The lowest BCUT2D eigenvalue weighted by Crippen LogP contribution is -2.17. The van der Waals surface area contributed by atoms with Crippen molar-refractivity contribution in [3.05, 3.63) is 42.0 Å². The maximum Gasteiger partial charge on any atom is 0.338 e. The molecule has 0 aliphatic heterocycles. The SMILES string of the molecule is CCC(O)COC(=O)c1ccc2cc(OCC(O)CC)ccc2c1. The monoisotopic (exact) mass is 332 g/mol. The van der Waals surface area contributed by atoms with Crippen molar-refractivity contribution in [1.29, 1.82) is 0 Å². The van der Waals surface area contributed by atoms with Gasteiger partial charge in [0.05, 0.1) is 17.8 Å². The lowest BCUT2D eigenvalue weighted by atomic mass is 10.1. The molecule has 2 aromatic rings. The molecule has 0 saturated carbocycles. The minimum absolute atomic E-state index is 0.0000959. The number of rotatable bonds is 8. The summed E-state index contributed by atoms with van der Waals surface area (Å²) in [7, 11) is 0. The van der Waals surface area contributed by atoms with Crippen LogP contribution in [-0.2, 0) is 4.74 Å². The number of benzene rings is 2. The third-order valence-electron chi connectivity index (χ3n) is 3.84. The second kappa shape index (κ2) is 8.66. The average molecular weight is 332 g/mol. The molecule has 0 bridgehead atoms. The molecule has 2 unspecified atom stereocenters. The Labute approximate surface area is 141 Å². The first-order chi connectivity index (χ1) is 11.5. The third-order valence-corrected chi connectivity index (χ3v) is 3.84. The molecule has 2 aromatic carbocycles. The Balaban J connectivity index is 2.07. The summed E-state index contributed by atoms with van der Waals surface area (Å²) in [5, 5.41) is 20.8. The van der Waals surface area contributed by atoms with E-state index >= 15 is 0 Å². The summed E-state index contributed by atoms with van der Waals surface area (Å²) in [4.78, 5) is 12.0. The summed E-state index contributed by atoms with van der Waals surface area (Å²) in [5.41, 5.74) is 0.445. The van der Waals surface area contributed by atoms with E-state index in [1.165, 1.54) is 0 Å². The van der Waals surface area contributed by atoms with Gasteiger partial charge in [-0.1, -0.05) is 26.0 Å². The predicted octanol–water partition coefficient (Wildman–Crippen LogP) is 2.92. The Kier molecular flexibility index (Phi) is 6.58. The zero-order valence-corrected chi connectivity index (χ0v) is 14.1. The van der Waals surface area contributed by atoms with Crippen LogP contribution in [0.15, 0.2) is 36.4 Å². The summed E-state index contributed by atoms with van der Waals surface area (Å²) in [6.45, 7) is 3.98. The van der Waals surface area contributed by atoms with Gasteiger partial charge in [-0.25, -0.2) is 4.79 Å². The van der Waals surface area contributed by atoms with Crippen LogP contribution in [0.2, 0.25) is 0 Å². The molecule has 0 aromatic heterocycles. The second-order valence-corrected chi connectivity index (χ2v) is 5.76. The predicted molar refractivity (Wildman–Crippen MR) is 92.3 cm³/mol. The van der Waals surface area contributed by atoms with Crippen LogP contribution in [0.1, 0.15) is 37.0 Å². The normalized spacial score (nSPS) is 13.5. The van der Waals surface area contributed by atoms with Crippen LogP contribution in [0.25, 0.3) is 10.8 Å². The van der Waals surface area contributed by atoms with Crippen molar-refractivity contribution < 1.29 is 24.5 Å². The summed E-state index contributed by atoms with van der Waals surface area (Å²) in [6, 6.07) is 10.8. The zero-order chi connectivity index (χ0) is 17.5. The topological polar surface area (TPSA) is 76.0 Å². The number of ether oxygens (including phenoxy) is 2. The molecule has 2 rings (SSSR count). The fourth-order valence-electron chi connectivity index (χ4n) is 2.12. The van der Waals surface area contributed by atoms with Gasteiger partial charge in [0.25, 0.3) is 0 Å². The molecule has 5 heteroatoms. The lowest BCUT2D eigenvalue weighted by molar-refractivity contribution is 0.0250. The van der Waals surface area contributed by atoms with Gasteiger partial charge in [-0.3, -0.25) is 0 Å². The van der Waals surface area contributed by atoms with E-state index in [9.17, 15) is 15.0 Å². The van der Waals surface area contributed by atoms with Gasteiger partial charge < -0.3 is 19.7 Å². The van der Waals surface area contributed by atoms with E-state index in [1.54, 1.807) is 18.2 Å². The molecular formula is C19H24O5. The van der Waals surface area contributed by atoms with Gasteiger partial charge in [0.15, 0.2) is 0 Å². The summed E-state index contributed by atoms with van der Waals surface area (Å²) in [6.07, 6.45) is 0.0793. The molecule has 24 heavy (non-hydrogen) atoms. The second-order valence-electron chi connectivity index (χ2n) is 5.76. The van der Waals surface area contributed by atoms with Crippen LogP contribution < -0.4 is 4.74 Å². The zero-order valence-electron chi connectivity index (χ0n) is 14.1. The van der Waals surface area contributed by atoms with Crippen LogP contribution in [-0.4, -0.2) is 41.6 Å². The van der Waals surface area contributed by atoms with Gasteiger partial charge in [0.2, 0.25) is 0 Å². The van der Waals surface area contributed by atoms with E-state index in [2.05, 4.69) is 0 Å². The summed E-state index contributed by atoms with van der Waals surface area (Å²) >= 11 is 0. The maximum atomic E-state index is 12.0. The van der Waals surface area contributed by atoms with Crippen molar-refractivity contribution in [3.63, 3.8) is 0 Å². The molecule has 0 spiro atoms. The highest BCUT2D eigenvalue weighted by Gasteiger charge is 2.11. The molecule has 0 amide bonds. The Morgan fingerprint density at radius 3 is 2.29 bits per heavy atom. The standard InChI is InChI=1S/C19H24O5/c1-3-16(20)11-23-18-8-7-13-9-15(6-5-14(13)10-18)19(22)24-12-17(21)4-2/h5-10,16-17,20-21H,3-4,11-12H2,1-2H3. The van der Waals surface area contributed by atoms with E-state index in [4.69, 9.17) is 9.47 Å². The molecule has 130 valence electrons. The fourth-order valence-corrected chi connectivity index (χ4v) is 2.12. The molecule has 0 radical (unpaired) electrons. The molecular weight excluding hydrogens is 308 g/mol. The fraction of sp³-hybridized carbons (Fsp3) is 0.421. The Morgan fingerprint density at radius 2 is 1.58 bits per heavy atom. The maximum absolute atomic E-state index is 12.0. The lowest BCUT2D eigenvalue weighted by Gasteiger charge is -2.11. The quantitative estimate of drug-likeness (QED) is 0.727. The van der Waals surface area contributed by atoms with Crippen LogP contribution in [0, 0.1) is 0 Å². The number of carbonyl (C=O) groups is 1. The number of hydrogen-bond donors (Lipinski definition) is 2. The van der Waals surface area contributed by atoms with Crippen molar-refractivity contribution >= 4 is 16.7 Å². The molecule has 0 aliphatic rings. The van der Waals surface area contributed by atoms with E-state index in [-0.39, 0.29) is 13.2 Å². The number of hydrogen-bond acceptors (Lipinski definition) is 5. The number of esters is 1. The smallest absolute Gasteiger partial charge is 0.338 e. The molecule has 0 heterocycles. The highest BCUT2D eigenvalue weighted by molar-refractivity contribution is 5.95. The molecule has 2 N–H and O–H groups in total. The van der Waals surface area contributed by atoms with Crippen LogP contribution >= 0.6 is 0 Å². The van der Waals surface area contributed by atoms with Gasteiger partial charge in [0.1, 0.15) is 19.0 Å². The first kappa shape index (κ1) is 18.2. The van der Waals surface area contributed by atoms with Crippen molar-refractivity contribution in [1.82, 2.24) is 0 Å². The van der Waals surface area contributed by atoms with Crippen molar-refractivity contribution in [2.45, 2.75) is 38.9 Å². The van der Waals surface area contributed by atoms with Gasteiger partial charge in [0, 0.05) is 0 Å². The molecule has 0 saturated heterocycles. The van der Waals surface area contributed by atoms with Gasteiger partial charge in [-0.2, -0.15) is 0 Å². The van der Waals surface area contributed by atoms with E-state index in [1.807, 2.05) is 32.0 Å². The van der Waals surface area contributed by atoms with Crippen molar-refractivity contribution in [2.24, 2.45) is 0 Å².